The Kier molecular flexibility index (Phi) is 6.52. The van der Waals surface area contributed by atoms with Crippen LogP contribution in [0.25, 0.3) is 22.3 Å². The number of aromatic nitrogens is 3. The maximum absolute atomic E-state index is 15.0. The van der Waals surface area contributed by atoms with Crippen LogP contribution in [0.15, 0.2) is 40.9 Å². The molecule has 1 saturated carbocycles. The zero-order valence-electron chi connectivity index (χ0n) is 21.0. The fourth-order valence-electron chi connectivity index (χ4n) is 4.25. The first-order valence-corrected chi connectivity index (χ1v) is 11.7. The van der Waals surface area contributed by atoms with Crippen LogP contribution in [0.4, 0.5) is 23.4 Å². The van der Waals surface area contributed by atoms with Gasteiger partial charge in [0, 0.05) is 23.8 Å². The number of anilines is 1. The van der Waals surface area contributed by atoms with Crippen LogP contribution < -0.4 is 19.5 Å². The van der Waals surface area contributed by atoms with Crippen LogP contribution in [0.1, 0.15) is 24.2 Å². The average Bonchev–Trinajstić information content (AvgIpc) is 3.61. The molecular formula is C26H22F4N4O5. The third-order valence-corrected chi connectivity index (χ3v) is 6.55. The lowest BCUT2D eigenvalue weighted by molar-refractivity contribution is -0.165. The Balaban J connectivity index is 1.35. The first-order valence-electron chi connectivity index (χ1n) is 11.7. The highest BCUT2D eigenvalue weighted by Crippen LogP contribution is 2.59. The van der Waals surface area contributed by atoms with Gasteiger partial charge in [-0.1, -0.05) is 17.3 Å². The van der Waals surface area contributed by atoms with E-state index in [1.807, 2.05) is 0 Å². The zero-order chi connectivity index (χ0) is 27.9. The number of nitrogens with one attached hydrogen (secondary N) is 1. The van der Waals surface area contributed by atoms with E-state index in [0.717, 1.165) is 6.07 Å². The van der Waals surface area contributed by atoms with E-state index in [9.17, 15) is 18.0 Å². The number of halogens is 4. The fraction of sp³-hybridized carbons (Fsp3) is 0.308. The van der Waals surface area contributed by atoms with Crippen LogP contribution in [0.3, 0.4) is 0 Å². The Bertz CT molecular complexity index is 1570. The van der Waals surface area contributed by atoms with Crippen molar-refractivity contribution < 1.29 is 41.1 Å². The van der Waals surface area contributed by atoms with E-state index in [1.54, 1.807) is 18.2 Å². The molecule has 0 spiro atoms. The van der Waals surface area contributed by atoms with E-state index in [0.29, 0.717) is 28.1 Å². The minimum Gasteiger partial charge on any atom is -0.493 e. The third-order valence-electron chi connectivity index (χ3n) is 6.55. The third kappa shape index (κ3) is 4.79. The number of nitrogens with zero attached hydrogens (tertiary/aromatic N) is 3. The number of rotatable bonds is 8. The summed E-state index contributed by atoms with van der Waals surface area (Å²) in [5.74, 6) is -0.872. The molecule has 1 N–H and O–H groups in total. The number of ether oxygens (including phenoxy) is 3. The molecule has 204 valence electrons. The van der Waals surface area contributed by atoms with Gasteiger partial charge < -0.3 is 24.1 Å². The Morgan fingerprint density at radius 1 is 1.00 bits per heavy atom. The van der Waals surface area contributed by atoms with Crippen LogP contribution >= 0.6 is 0 Å². The summed E-state index contributed by atoms with van der Waals surface area (Å²) in [6.45, 7) is 0. The van der Waals surface area contributed by atoms with E-state index in [-0.39, 0.29) is 41.6 Å². The van der Waals surface area contributed by atoms with Crippen molar-refractivity contribution in [2.75, 3.05) is 26.6 Å². The average molecular weight is 546 g/mol. The Hall–Kier alpha value is -4.42. The predicted octanol–water partition coefficient (Wildman–Crippen LogP) is 5.22. The largest absolute Gasteiger partial charge is 0.493 e. The van der Waals surface area contributed by atoms with E-state index in [1.165, 1.54) is 33.5 Å². The predicted molar refractivity (Wildman–Crippen MR) is 130 cm³/mol. The number of benzene rings is 2. The highest BCUT2D eigenvalue weighted by atomic mass is 19.4. The molecule has 0 atom stereocenters. The molecule has 9 nitrogen and oxygen atoms in total. The van der Waals surface area contributed by atoms with Crippen molar-refractivity contribution in [3.8, 4) is 28.6 Å². The summed E-state index contributed by atoms with van der Waals surface area (Å²) < 4.78 is 75.7. The maximum atomic E-state index is 15.0. The zero-order valence-corrected chi connectivity index (χ0v) is 21.0. The van der Waals surface area contributed by atoms with E-state index >= 15 is 4.39 Å². The number of carbonyl (C=O) groups is 1. The lowest BCUT2D eigenvalue weighted by Crippen LogP contribution is -2.28. The van der Waals surface area contributed by atoms with Crippen molar-refractivity contribution in [1.82, 2.24) is 15.1 Å². The van der Waals surface area contributed by atoms with Crippen LogP contribution in [-0.2, 0) is 16.6 Å². The molecule has 0 bridgehead atoms. The SMILES string of the molecule is COc1cc2nc(OC)c(-c3ccc(CC(=O)Nc4cc(C5(C(F)(F)F)CC5)on4)c(F)c3)nc2cc1OC. The van der Waals surface area contributed by atoms with Gasteiger partial charge in [0.1, 0.15) is 16.9 Å². The van der Waals surface area contributed by atoms with Crippen LogP contribution in [0.2, 0.25) is 0 Å². The molecule has 2 heterocycles. The summed E-state index contributed by atoms with van der Waals surface area (Å²) in [7, 11) is 4.39. The summed E-state index contributed by atoms with van der Waals surface area (Å²) in [6.07, 6.45) is -5.08. The summed E-state index contributed by atoms with van der Waals surface area (Å²) in [5, 5.41) is 5.87. The normalized spacial score (nSPS) is 14.2. The van der Waals surface area contributed by atoms with Gasteiger partial charge in [-0.05, 0) is 24.5 Å². The molecule has 0 saturated heterocycles. The van der Waals surface area contributed by atoms with Crippen molar-refractivity contribution in [3.05, 3.63) is 53.5 Å². The standard InChI is InChI=1S/C26H22F4N4O5/c1-36-18-10-16-17(11-19(18)37-2)32-24(38-3)23(31-16)14-5-4-13(15(27)8-14)9-22(35)33-21-12-20(39-34-21)25(6-7-25)26(28,29)30/h4-5,8,10-12H,6-7,9H2,1-3H3,(H,33,34,35). The smallest absolute Gasteiger partial charge is 0.401 e. The van der Waals surface area contributed by atoms with E-state index in [2.05, 4.69) is 20.4 Å². The summed E-state index contributed by atoms with van der Waals surface area (Å²) in [4.78, 5) is 21.5. The number of amides is 1. The molecule has 2 aromatic carbocycles. The van der Waals surface area contributed by atoms with Crippen LogP contribution in [-0.4, -0.2) is 48.5 Å². The number of fused-ring (bicyclic) bond motifs is 1. The Morgan fingerprint density at radius 2 is 1.67 bits per heavy atom. The van der Waals surface area contributed by atoms with E-state index in [4.69, 9.17) is 18.7 Å². The van der Waals surface area contributed by atoms with Gasteiger partial charge in [-0.3, -0.25) is 4.79 Å². The van der Waals surface area contributed by atoms with Gasteiger partial charge in [0.05, 0.1) is 38.8 Å². The minimum absolute atomic E-state index is 0.0491. The maximum Gasteiger partial charge on any atom is 0.401 e. The number of carbonyl (C=O) groups excluding carboxylic acids is 1. The van der Waals surface area contributed by atoms with Crippen molar-refractivity contribution in [1.29, 1.82) is 0 Å². The quantitative estimate of drug-likeness (QED) is 0.300. The lowest BCUT2D eigenvalue weighted by atomic mass is 10.0. The second kappa shape index (κ2) is 9.71. The van der Waals surface area contributed by atoms with Crippen molar-refractivity contribution in [2.45, 2.75) is 30.9 Å². The van der Waals surface area contributed by atoms with Crippen molar-refractivity contribution in [2.24, 2.45) is 0 Å². The monoisotopic (exact) mass is 546 g/mol. The molecule has 0 unspecified atom stereocenters. The second-order valence-electron chi connectivity index (χ2n) is 8.96. The summed E-state index contributed by atoms with van der Waals surface area (Å²) >= 11 is 0. The highest BCUT2D eigenvalue weighted by Gasteiger charge is 2.66. The van der Waals surface area contributed by atoms with Gasteiger partial charge >= 0.3 is 6.18 Å². The van der Waals surface area contributed by atoms with Gasteiger partial charge in [-0.2, -0.15) is 13.2 Å². The van der Waals surface area contributed by atoms with Gasteiger partial charge in [-0.15, -0.1) is 0 Å². The molecule has 1 aliphatic carbocycles. The number of hydrogen-bond acceptors (Lipinski definition) is 8. The summed E-state index contributed by atoms with van der Waals surface area (Å²) in [5.41, 5.74) is -0.470. The van der Waals surface area contributed by atoms with Gasteiger partial charge in [0.2, 0.25) is 11.8 Å². The Labute approximate surface area is 219 Å². The highest BCUT2D eigenvalue weighted by molar-refractivity contribution is 5.91. The molecule has 0 aliphatic heterocycles. The van der Waals surface area contributed by atoms with Crippen molar-refractivity contribution >= 4 is 22.8 Å². The minimum atomic E-state index is -4.48. The molecule has 2 aromatic heterocycles. The topological polar surface area (TPSA) is 109 Å². The number of alkyl halides is 3. The first kappa shape index (κ1) is 26.2. The molecule has 39 heavy (non-hydrogen) atoms. The molecule has 4 aromatic rings. The van der Waals surface area contributed by atoms with Crippen LogP contribution in [0, 0.1) is 5.82 Å². The Morgan fingerprint density at radius 3 is 2.23 bits per heavy atom. The van der Waals surface area contributed by atoms with E-state index < -0.39 is 29.7 Å². The molecular weight excluding hydrogens is 524 g/mol. The number of methoxy groups -OCH3 is 3. The van der Waals surface area contributed by atoms with Gasteiger partial charge in [0.15, 0.2) is 23.1 Å². The van der Waals surface area contributed by atoms with Crippen molar-refractivity contribution in [3.63, 3.8) is 0 Å². The van der Waals surface area contributed by atoms with Gasteiger partial charge in [0.25, 0.3) is 0 Å². The fourth-order valence-corrected chi connectivity index (χ4v) is 4.25. The second-order valence-corrected chi connectivity index (χ2v) is 8.96. The summed E-state index contributed by atoms with van der Waals surface area (Å²) in [6, 6.07) is 8.47. The molecule has 5 rings (SSSR count). The molecule has 1 aliphatic rings. The van der Waals surface area contributed by atoms with Gasteiger partial charge in [-0.25, -0.2) is 14.4 Å². The first-order chi connectivity index (χ1) is 18.6. The molecule has 1 fully saturated rings. The van der Waals surface area contributed by atoms with Crippen LogP contribution in [0.5, 0.6) is 17.4 Å². The number of hydrogen-bond donors (Lipinski definition) is 1. The molecule has 1 amide bonds. The lowest BCUT2D eigenvalue weighted by Gasteiger charge is -2.14. The molecule has 0 radical (unpaired) electrons. The molecule has 13 heteroatoms.